The molecule has 0 bridgehead atoms. The van der Waals surface area contributed by atoms with Crippen molar-refractivity contribution >= 4 is 43.2 Å². The Bertz CT molecular complexity index is 552. The smallest absolute Gasteiger partial charge is 0.165 e. The largest absolute Gasteiger partial charge is 0.494 e. The van der Waals surface area contributed by atoms with Gasteiger partial charge in [-0.3, -0.25) is 0 Å². The van der Waals surface area contributed by atoms with Crippen LogP contribution in [0.4, 0.5) is 4.39 Å². The molecule has 6 heteroatoms. The van der Waals surface area contributed by atoms with Gasteiger partial charge in [0.05, 0.1) is 10.9 Å². The number of ether oxygens (including phenoxy) is 1. The quantitative estimate of drug-likeness (QED) is 0.828. The predicted octanol–water partition coefficient (Wildman–Crippen LogP) is 4.50. The number of thiophene rings is 1. The van der Waals surface area contributed by atoms with Gasteiger partial charge in [0.1, 0.15) is 6.10 Å². The molecular formula is C12H9Br2FO2S. The Hall–Kier alpha value is -0.430. The van der Waals surface area contributed by atoms with Gasteiger partial charge in [-0.2, -0.15) is 0 Å². The Morgan fingerprint density at radius 1 is 1.33 bits per heavy atom. The number of rotatable bonds is 3. The van der Waals surface area contributed by atoms with Crippen molar-refractivity contribution in [2.75, 3.05) is 7.11 Å². The highest BCUT2D eigenvalue weighted by molar-refractivity contribution is 9.13. The van der Waals surface area contributed by atoms with Crippen LogP contribution in [0.15, 0.2) is 32.5 Å². The summed E-state index contributed by atoms with van der Waals surface area (Å²) < 4.78 is 20.0. The van der Waals surface area contributed by atoms with E-state index in [1.54, 1.807) is 6.07 Å². The number of methoxy groups -OCH3 is 1. The second-order valence-corrected chi connectivity index (χ2v) is 6.82. The fourth-order valence-corrected chi connectivity index (χ4v) is 3.61. The standard InChI is InChI=1S/C12H9Br2FO2S/c1-17-9-4-6(2-3-8(9)15)11(16)10-5-7(13)12(14)18-10/h2-5,11,16H,1H3. The van der Waals surface area contributed by atoms with Gasteiger partial charge in [-0.1, -0.05) is 6.07 Å². The molecule has 1 aromatic carbocycles. The first-order chi connectivity index (χ1) is 8.52. The minimum absolute atomic E-state index is 0.126. The number of hydrogen-bond acceptors (Lipinski definition) is 3. The number of aliphatic hydroxyl groups is 1. The minimum Gasteiger partial charge on any atom is -0.494 e. The first kappa shape index (κ1) is 14.0. The molecule has 18 heavy (non-hydrogen) atoms. The van der Waals surface area contributed by atoms with E-state index in [4.69, 9.17) is 4.74 Å². The number of halogens is 3. The third kappa shape index (κ3) is 2.77. The highest BCUT2D eigenvalue weighted by atomic mass is 79.9. The Labute approximate surface area is 125 Å². The first-order valence-corrected chi connectivity index (χ1v) is 7.39. The van der Waals surface area contributed by atoms with Gasteiger partial charge in [-0.25, -0.2) is 4.39 Å². The lowest BCUT2D eigenvalue weighted by Gasteiger charge is -2.10. The molecular weight excluding hydrogens is 387 g/mol. The summed E-state index contributed by atoms with van der Waals surface area (Å²) in [5.74, 6) is -0.316. The van der Waals surface area contributed by atoms with Crippen molar-refractivity contribution in [1.29, 1.82) is 0 Å². The molecule has 0 spiro atoms. The van der Waals surface area contributed by atoms with Crippen molar-refractivity contribution in [3.8, 4) is 5.75 Å². The lowest BCUT2D eigenvalue weighted by molar-refractivity contribution is 0.223. The summed E-state index contributed by atoms with van der Waals surface area (Å²) in [5, 5.41) is 10.2. The first-order valence-electron chi connectivity index (χ1n) is 4.99. The van der Waals surface area contributed by atoms with E-state index >= 15 is 0 Å². The normalized spacial score (nSPS) is 12.5. The average molecular weight is 396 g/mol. The maximum atomic E-state index is 13.3. The van der Waals surface area contributed by atoms with Crippen molar-refractivity contribution in [3.63, 3.8) is 0 Å². The van der Waals surface area contributed by atoms with Crippen molar-refractivity contribution in [3.05, 3.63) is 48.8 Å². The van der Waals surface area contributed by atoms with Gasteiger partial charge >= 0.3 is 0 Å². The molecule has 0 saturated carbocycles. The van der Waals surface area contributed by atoms with Crippen LogP contribution in [0.3, 0.4) is 0 Å². The fourth-order valence-electron chi connectivity index (χ4n) is 1.51. The highest BCUT2D eigenvalue weighted by Crippen LogP contribution is 2.38. The molecule has 0 aliphatic rings. The molecule has 2 nitrogen and oxygen atoms in total. The molecule has 1 unspecified atom stereocenters. The number of benzene rings is 1. The van der Waals surface area contributed by atoms with Crippen LogP contribution in [-0.2, 0) is 0 Å². The van der Waals surface area contributed by atoms with Gasteiger partial charge in [0.25, 0.3) is 0 Å². The molecule has 0 radical (unpaired) electrons. The number of aliphatic hydroxyl groups excluding tert-OH is 1. The predicted molar refractivity (Wildman–Crippen MR) is 76.7 cm³/mol. The molecule has 96 valence electrons. The van der Waals surface area contributed by atoms with E-state index in [9.17, 15) is 9.50 Å². The lowest BCUT2D eigenvalue weighted by Crippen LogP contribution is -1.98. The molecule has 0 aliphatic heterocycles. The molecule has 0 fully saturated rings. The van der Waals surface area contributed by atoms with Gasteiger partial charge in [-0.15, -0.1) is 11.3 Å². The van der Waals surface area contributed by atoms with Crippen LogP contribution < -0.4 is 4.74 Å². The SMILES string of the molecule is COc1cc(C(O)c2cc(Br)c(Br)s2)ccc1F. The van der Waals surface area contributed by atoms with E-state index in [2.05, 4.69) is 31.9 Å². The monoisotopic (exact) mass is 394 g/mol. The van der Waals surface area contributed by atoms with E-state index in [1.807, 2.05) is 6.07 Å². The molecule has 1 heterocycles. The van der Waals surface area contributed by atoms with Crippen LogP contribution in [0.25, 0.3) is 0 Å². The second-order valence-electron chi connectivity index (χ2n) is 3.57. The molecule has 0 aliphatic carbocycles. The van der Waals surface area contributed by atoms with Crippen LogP contribution in [0.1, 0.15) is 16.5 Å². The third-order valence-electron chi connectivity index (χ3n) is 2.42. The van der Waals surface area contributed by atoms with E-state index in [0.29, 0.717) is 5.56 Å². The molecule has 2 aromatic rings. The second kappa shape index (κ2) is 5.69. The van der Waals surface area contributed by atoms with Gasteiger partial charge in [0.2, 0.25) is 0 Å². The molecule has 1 atom stereocenters. The zero-order chi connectivity index (χ0) is 13.3. The Kier molecular flexibility index (Phi) is 4.42. The van der Waals surface area contributed by atoms with Gasteiger partial charge < -0.3 is 9.84 Å². The topological polar surface area (TPSA) is 29.5 Å². The van der Waals surface area contributed by atoms with Crippen molar-refractivity contribution < 1.29 is 14.2 Å². The van der Waals surface area contributed by atoms with E-state index < -0.39 is 11.9 Å². The Morgan fingerprint density at radius 3 is 2.61 bits per heavy atom. The maximum absolute atomic E-state index is 13.3. The summed E-state index contributed by atoms with van der Waals surface area (Å²) in [6, 6.07) is 6.16. The Morgan fingerprint density at radius 2 is 2.06 bits per heavy atom. The van der Waals surface area contributed by atoms with Crippen LogP contribution in [-0.4, -0.2) is 12.2 Å². The average Bonchev–Trinajstić information content (AvgIpc) is 2.69. The number of hydrogen-bond donors (Lipinski definition) is 1. The van der Waals surface area contributed by atoms with Crippen LogP contribution in [0.5, 0.6) is 5.75 Å². The minimum atomic E-state index is -0.799. The van der Waals surface area contributed by atoms with Gasteiger partial charge in [-0.05, 0) is 55.6 Å². The third-order valence-corrected chi connectivity index (χ3v) is 5.73. The van der Waals surface area contributed by atoms with Crippen molar-refractivity contribution in [2.45, 2.75) is 6.10 Å². The van der Waals surface area contributed by atoms with Crippen LogP contribution >= 0.6 is 43.2 Å². The van der Waals surface area contributed by atoms with Crippen molar-refractivity contribution in [2.24, 2.45) is 0 Å². The summed E-state index contributed by atoms with van der Waals surface area (Å²) in [5.41, 5.74) is 0.592. The van der Waals surface area contributed by atoms with E-state index in [0.717, 1.165) is 13.1 Å². The molecule has 1 aromatic heterocycles. The highest BCUT2D eigenvalue weighted by Gasteiger charge is 2.16. The lowest BCUT2D eigenvalue weighted by atomic mass is 10.1. The van der Waals surface area contributed by atoms with E-state index in [-0.39, 0.29) is 5.75 Å². The summed E-state index contributed by atoms with van der Waals surface area (Å²) in [6.45, 7) is 0. The van der Waals surface area contributed by atoms with E-state index in [1.165, 1.54) is 30.6 Å². The Balaban J connectivity index is 2.36. The zero-order valence-corrected chi connectivity index (χ0v) is 13.3. The summed E-state index contributed by atoms with van der Waals surface area (Å²) in [4.78, 5) is 0.766. The maximum Gasteiger partial charge on any atom is 0.165 e. The molecule has 0 saturated heterocycles. The van der Waals surface area contributed by atoms with Crippen LogP contribution in [0.2, 0.25) is 0 Å². The molecule has 0 amide bonds. The fraction of sp³-hybridized carbons (Fsp3) is 0.167. The molecule has 1 N–H and O–H groups in total. The molecule has 2 rings (SSSR count). The van der Waals surface area contributed by atoms with Gasteiger partial charge in [0, 0.05) is 9.35 Å². The van der Waals surface area contributed by atoms with Crippen LogP contribution in [0, 0.1) is 5.82 Å². The van der Waals surface area contributed by atoms with Gasteiger partial charge in [0.15, 0.2) is 11.6 Å². The van der Waals surface area contributed by atoms with Crippen molar-refractivity contribution in [1.82, 2.24) is 0 Å². The summed E-state index contributed by atoms with van der Waals surface area (Å²) in [6.07, 6.45) is -0.799. The summed E-state index contributed by atoms with van der Waals surface area (Å²) >= 11 is 8.16. The zero-order valence-electron chi connectivity index (χ0n) is 9.28. The summed E-state index contributed by atoms with van der Waals surface area (Å²) in [7, 11) is 1.40.